The predicted octanol–water partition coefficient (Wildman–Crippen LogP) is 1.07. The molecular weight excluding hydrogens is 244 g/mol. The molecule has 0 aliphatic carbocycles. The van der Waals surface area contributed by atoms with E-state index in [0.717, 1.165) is 12.8 Å². The number of amides is 1. The number of carbonyl (C=O) groups is 1. The molecule has 1 heterocycles. The van der Waals surface area contributed by atoms with Gasteiger partial charge in [-0.3, -0.25) is 4.79 Å². The van der Waals surface area contributed by atoms with Gasteiger partial charge < -0.3 is 20.5 Å². The summed E-state index contributed by atoms with van der Waals surface area (Å²) in [4.78, 5) is 11.9. The largest absolute Gasteiger partial charge is 0.485 e. The lowest BCUT2D eigenvalue weighted by molar-refractivity contribution is -0.130. The highest BCUT2D eigenvalue weighted by atomic mass is 16.6. The summed E-state index contributed by atoms with van der Waals surface area (Å²) in [7, 11) is 0. The van der Waals surface area contributed by atoms with E-state index in [9.17, 15) is 4.79 Å². The van der Waals surface area contributed by atoms with Crippen LogP contribution in [0.1, 0.15) is 19.8 Å². The van der Waals surface area contributed by atoms with Crippen molar-refractivity contribution >= 4 is 5.91 Å². The standard InChI is InChI=1S/C14H20N2O3/c1-2-5-10(15)8-16-14(17)13-9-18-11-6-3-4-7-12(11)19-13/h3-4,6-7,10,13H,2,5,8-9,15H2,1H3,(H,16,17). The quantitative estimate of drug-likeness (QED) is 0.834. The van der Waals surface area contributed by atoms with Gasteiger partial charge in [-0.15, -0.1) is 0 Å². The van der Waals surface area contributed by atoms with E-state index in [-0.39, 0.29) is 18.6 Å². The molecule has 0 fully saturated rings. The SMILES string of the molecule is CCCC(N)CNC(=O)C1COc2ccccc2O1. The molecule has 0 aromatic heterocycles. The molecule has 5 heteroatoms. The number of ether oxygens (including phenoxy) is 2. The number of hydrogen-bond acceptors (Lipinski definition) is 4. The van der Waals surface area contributed by atoms with Crippen LogP contribution in [0.15, 0.2) is 24.3 Å². The molecule has 5 nitrogen and oxygen atoms in total. The van der Waals surface area contributed by atoms with Crippen LogP contribution in [0.25, 0.3) is 0 Å². The monoisotopic (exact) mass is 264 g/mol. The zero-order chi connectivity index (χ0) is 13.7. The van der Waals surface area contributed by atoms with E-state index in [1.54, 1.807) is 6.07 Å². The fraction of sp³-hybridized carbons (Fsp3) is 0.500. The summed E-state index contributed by atoms with van der Waals surface area (Å²) < 4.78 is 11.1. The third-order valence-electron chi connectivity index (χ3n) is 3.00. The Labute approximate surface area is 113 Å². The Morgan fingerprint density at radius 2 is 2.21 bits per heavy atom. The summed E-state index contributed by atoms with van der Waals surface area (Å²) in [5, 5.41) is 2.80. The molecular formula is C14H20N2O3. The number of benzene rings is 1. The third-order valence-corrected chi connectivity index (χ3v) is 3.00. The van der Waals surface area contributed by atoms with E-state index in [4.69, 9.17) is 15.2 Å². The molecule has 2 atom stereocenters. The van der Waals surface area contributed by atoms with Crippen molar-refractivity contribution in [2.45, 2.75) is 31.9 Å². The molecule has 1 amide bonds. The summed E-state index contributed by atoms with van der Waals surface area (Å²) in [6.07, 6.45) is 1.29. The van der Waals surface area contributed by atoms with Gasteiger partial charge in [0.1, 0.15) is 6.61 Å². The van der Waals surface area contributed by atoms with Crippen molar-refractivity contribution in [3.63, 3.8) is 0 Å². The minimum atomic E-state index is -0.608. The zero-order valence-electron chi connectivity index (χ0n) is 11.1. The Kier molecular flexibility index (Phi) is 4.63. The predicted molar refractivity (Wildman–Crippen MR) is 72.2 cm³/mol. The van der Waals surface area contributed by atoms with Crippen LogP contribution in [-0.4, -0.2) is 31.2 Å². The van der Waals surface area contributed by atoms with Gasteiger partial charge in [-0.25, -0.2) is 0 Å². The first-order chi connectivity index (χ1) is 9.20. The van der Waals surface area contributed by atoms with Crippen LogP contribution in [0.3, 0.4) is 0 Å². The first kappa shape index (κ1) is 13.7. The Hall–Kier alpha value is -1.75. The molecule has 0 radical (unpaired) electrons. The van der Waals surface area contributed by atoms with Crippen LogP contribution in [-0.2, 0) is 4.79 Å². The summed E-state index contributed by atoms with van der Waals surface area (Å²) >= 11 is 0. The number of para-hydroxylation sites is 2. The van der Waals surface area contributed by atoms with E-state index in [2.05, 4.69) is 12.2 Å². The van der Waals surface area contributed by atoms with Gasteiger partial charge in [-0.2, -0.15) is 0 Å². The Morgan fingerprint density at radius 3 is 2.95 bits per heavy atom. The van der Waals surface area contributed by atoms with Gasteiger partial charge in [0.25, 0.3) is 5.91 Å². The maximum absolute atomic E-state index is 11.9. The smallest absolute Gasteiger partial charge is 0.264 e. The number of nitrogens with one attached hydrogen (secondary N) is 1. The topological polar surface area (TPSA) is 73.6 Å². The lowest BCUT2D eigenvalue weighted by Gasteiger charge is -2.26. The van der Waals surface area contributed by atoms with Gasteiger partial charge in [0.15, 0.2) is 11.5 Å². The van der Waals surface area contributed by atoms with Crippen molar-refractivity contribution in [2.24, 2.45) is 5.73 Å². The highest BCUT2D eigenvalue weighted by molar-refractivity contribution is 5.81. The molecule has 1 aliphatic rings. The molecule has 1 aliphatic heterocycles. The van der Waals surface area contributed by atoms with Crippen molar-refractivity contribution in [3.05, 3.63) is 24.3 Å². The summed E-state index contributed by atoms with van der Waals surface area (Å²) in [6.45, 7) is 2.76. The summed E-state index contributed by atoms with van der Waals surface area (Å²) in [6, 6.07) is 7.32. The van der Waals surface area contributed by atoms with E-state index in [1.807, 2.05) is 18.2 Å². The average molecular weight is 264 g/mol. The van der Waals surface area contributed by atoms with Gasteiger partial charge in [-0.1, -0.05) is 25.5 Å². The molecule has 0 saturated heterocycles. The third kappa shape index (κ3) is 3.61. The first-order valence-electron chi connectivity index (χ1n) is 6.62. The molecule has 2 unspecified atom stereocenters. The molecule has 2 rings (SSSR count). The highest BCUT2D eigenvalue weighted by Crippen LogP contribution is 2.30. The van der Waals surface area contributed by atoms with Crippen molar-refractivity contribution in [1.82, 2.24) is 5.32 Å². The summed E-state index contributed by atoms with van der Waals surface area (Å²) in [5.74, 6) is 1.10. The second kappa shape index (κ2) is 6.43. The fourth-order valence-electron chi connectivity index (χ4n) is 1.97. The van der Waals surface area contributed by atoms with Crippen LogP contribution < -0.4 is 20.5 Å². The van der Waals surface area contributed by atoms with E-state index < -0.39 is 6.10 Å². The van der Waals surface area contributed by atoms with Gasteiger partial charge >= 0.3 is 0 Å². The van der Waals surface area contributed by atoms with Crippen LogP contribution in [0, 0.1) is 0 Å². The Balaban J connectivity index is 1.85. The molecule has 104 valence electrons. The minimum absolute atomic E-state index is 0.00857. The lowest BCUT2D eigenvalue weighted by atomic mass is 10.2. The lowest BCUT2D eigenvalue weighted by Crippen LogP contribution is -2.47. The zero-order valence-corrected chi connectivity index (χ0v) is 11.1. The molecule has 1 aromatic carbocycles. The van der Waals surface area contributed by atoms with Crippen LogP contribution in [0.2, 0.25) is 0 Å². The van der Waals surface area contributed by atoms with Crippen molar-refractivity contribution in [3.8, 4) is 11.5 Å². The van der Waals surface area contributed by atoms with Crippen LogP contribution in [0.5, 0.6) is 11.5 Å². The van der Waals surface area contributed by atoms with Crippen molar-refractivity contribution in [1.29, 1.82) is 0 Å². The molecule has 0 bridgehead atoms. The number of rotatable bonds is 5. The molecule has 0 spiro atoms. The van der Waals surface area contributed by atoms with E-state index >= 15 is 0 Å². The maximum Gasteiger partial charge on any atom is 0.264 e. The van der Waals surface area contributed by atoms with Crippen LogP contribution in [0.4, 0.5) is 0 Å². The van der Waals surface area contributed by atoms with Crippen LogP contribution >= 0.6 is 0 Å². The second-order valence-electron chi connectivity index (χ2n) is 4.66. The second-order valence-corrected chi connectivity index (χ2v) is 4.66. The van der Waals surface area contributed by atoms with Crippen molar-refractivity contribution in [2.75, 3.05) is 13.2 Å². The highest BCUT2D eigenvalue weighted by Gasteiger charge is 2.27. The minimum Gasteiger partial charge on any atom is -0.485 e. The number of fused-ring (bicyclic) bond motifs is 1. The van der Waals surface area contributed by atoms with Gasteiger partial charge in [0.2, 0.25) is 6.10 Å². The number of carbonyl (C=O) groups excluding carboxylic acids is 1. The molecule has 3 N–H and O–H groups in total. The average Bonchev–Trinajstić information content (AvgIpc) is 2.44. The molecule has 19 heavy (non-hydrogen) atoms. The molecule has 0 saturated carbocycles. The van der Waals surface area contributed by atoms with Gasteiger partial charge in [-0.05, 0) is 18.6 Å². The normalized spacial score (nSPS) is 18.7. The first-order valence-corrected chi connectivity index (χ1v) is 6.62. The van der Waals surface area contributed by atoms with E-state index in [0.29, 0.717) is 18.0 Å². The van der Waals surface area contributed by atoms with Crippen molar-refractivity contribution < 1.29 is 14.3 Å². The Bertz CT molecular complexity index is 436. The van der Waals surface area contributed by atoms with Gasteiger partial charge in [0.05, 0.1) is 0 Å². The maximum atomic E-state index is 11.9. The summed E-state index contributed by atoms with van der Waals surface area (Å²) in [5.41, 5.74) is 5.85. The van der Waals surface area contributed by atoms with Gasteiger partial charge in [0, 0.05) is 12.6 Å². The number of nitrogens with two attached hydrogens (primary N) is 1. The fourth-order valence-corrected chi connectivity index (χ4v) is 1.97. The molecule has 1 aromatic rings. The Morgan fingerprint density at radius 1 is 1.47 bits per heavy atom. The van der Waals surface area contributed by atoms with E-state index in [1.165, 1.54) is 0 Å². The number of hydrogen-bond donors (Lipinski definition) is 2.